The number of nitrogens with one attached hydrogen (secondary N) is 1. The summed E-state index contributed by atoms with van der Waals surface area (Å²) in [7, 11) is 0. The fraction of sp³-hybridized carbons (Fsp3) is 0.433. The van der Waals surface area contributed by atoms with E-state index < -0.39 is 0 Å². The van der Waals surface area contributed by atoms with Crippen molar-refractivity contribution in [2.45, 2.75) is 71.5 Å². The molecule has 0 bridgehead atoms. The summed E-state index contributed by atoms with van der Waals surface area (Å²) in [5.41, 5.74) is 22.8. The van der Waals surface area contributed by atoms with E-state index in [0.29, 0.717) is 5.92 Å². The van der Waals surface area contributed by atoms with Crippen molar-refractivity contribution in [3.63, 3.8) is 0 Å². The van der Waals surface area contributed by atoms with Crippen LogP contribution in [0.15, 0.2) is 36.7 Å². The van der Waals surface area contributed by atoms with Crippen LogP contribution in [0.4, 0.5) is 11.4 Å². The molecule has 0 spiro atoms. The lowest BCUT2D eigenvalue weighted by atomic mass is 9.83. The van der Waals surface area contributed by atoms with E-state index in [2.05, 4.69) is 44.1 Å². The maximum Gasteiger partial charge on any atom is 0.146 e. The van der Waals surface area contributed by atoms with Gasteiger partial charge in [-0.05, 0) is 112 Å². The summed E-state index contributed by atoms with van der Waals surface area (Å²) in [5.74, 6) is 2.50. The Balaban J connectivity index is 0.000000148. The third kappa shape index (κ3) is 4.62. The summed E-state index contributed by atoms with van der Waals surface area (Å²) in [6, 6.07) is 8.14. The summed E-state index contributed by atoms with van der Waals surface area (Å²) < 4.78 is 11.7. The lowest BCUT2D eigenvalue weighted by Crippen LogP contribution is -2.27. The first-order chi connectivity index (χ1) is 17.3. The van der Waals surface area contributed by atoms with Crippen LogP contribution >= 0.6 is 0 Å². The molecule has 2 atom stereocenters. The molecule has 190 valence electrons. The molecule has 0 saturated carbocycles. The number of aryl methyl sites for hydroxylation is 2. The number of anilines is 2. The maximum atomic E-state index is 6.10. The van der Waals surface area contributed by atoms with Gasteiger partial charge in [-0.1, -0.05) is 0 Å². The van der Waals surface area contributed by atoms with Gasteiger partial charge < -0.3 is 26.3 Å². The van der Waals surface area contributed by atoms with Crippen LogP contribution in [0.25, 0.3) is 11.1 Å². The second kappa shape index (κ2) is 10.0. The van der Waals surface area contributed by atoms with Crippen molar-refractivity contribution in [2.75, 3.05) is 24.6 Å². The van der Waals surface area contributed by atoms with E-state index in [1.807, 2.05) is 30.6 Å². The minimum Gasteiger partial charge on any atom is -0.488 e. The SMILES string of the molecule is Cc1cc(N)c2c(c1-c1ccncc1)C[C@H](C)O2.Cc1cc(N)c2c(c1C1CCNCC1)C[C@H](C)O2. The van der Waals surface area contributed by atoms with Gasteiger partial charge in [0.25, 0.3) is 0 Å². The number of aromatic nitrogens is 1. The number of ether oxygens (including phenoxy) is 2. The number of nitrogens with zero attached hydrogens (tertiary/aromatic N) is 1. The van der Waals surface area contributed by atoms with Crippen molar-refractivity contribution in [3.05, 3.63) is 64.5 Å². The molecule has 6 heteroatoms. The highest BCUT2D eigenvalue weighted by atomic mass is 16.5. The summed E-state index contributed by atoms with van der Waals surface area (Å²) in [6.07, 6.45) is 8.48. The Morgan fingerprint density at radius 1 is 0.833 bits per heavy atom. The highest BCUT2D eigenvalue weighted by molar-refractivity contribution is 5.79. The van der Waals surface area contributed by atoms with E-state index in [1.54, 1.807) is 0 Å². The van der Waals surface area contributed by atoms with Gasteiger partial charge in [0, 0.05) is 36.4 Å². The summed E-state index contributed by atoms with van der Waals surface area (Å²) in [4.78, 5) is 4.07. The molecule has 1 fully saturated rings. The molecule has 6 nitrogen and oxygen atoms in total. The average Bonchev–Trinajstić information content (AvgIpc) is 3.44. The maximum absolute atomic E-state index is 6.10. The molecule has 3 aromatic rings. The predicted molar refractivity (Wildman–Crippen MR) is 147 cm³/mol. The summed E-state index contributed by atoms with van der Waals surface area (Å²) in [5, 5.41) is 3.44. The van der Waals surface area contributed by atoms with Crippen molar-refractivity contribution < 1.29 is 9.47 Å². The van der Waals surface area contributed by atoms with E-state index in [9.17, 15) is 0 Å². The number of rotatable bonds is 2. The molecule has 0 amide bonds. The number of benzene rings is 2. The Morgan fingerprint density at radius 2 is 1.39 bits per heavy atom. The van der Waals surface area contributed by atoms with Gasteiger partial charge in [0.05, 0.1) is 11.4 Å². The molecule has 0 radical (unpaired) electrons. The second-order valence-electron chi connectivity index (χ2n) is 10.5. The Morgan fingerprint density at radius 3 is 2.03 bits per heavy atom. The topological polar surface area (TPSA) is 95.4 Å². The standard InChI is InChI=1S/C15H22N2O.C15H16N2O/c2*1-9-7-13(16)15-12(8-10(2)18-15)14(9)11-3-5-17-6-4-11/h7,10-11,17H,3-6,8,16H2,1-2H3;3-7,10H,8,16H2,1-2H3/t2*10-/m00/s1. The molecule has 0 unspecified atom stereocenters. The van der Waals surface area contributed by atoms with Crippen molar-refractivity contribution in [3.8, 4) is 22.6 Å². The Kier molecular flexibility index (Phi) is 6.80. The van der Waals surface area contributed by atoms with Crippen molar-refractivity contribution in [1.82, 2.24) is 10.3 Å². The molecule has 5 N–H and O–H groups in total. The van der Waals surface area contributed by atoms with E-state index >= 15 is 0 Å². The lowest BCUT2D eigenvalue weighted by Gasteiger charge is -2.26. The summed E-state index contributed by atoms with van der Waals surface area (Å²) in [6.45, 7) is 10.7. The van der Waals surface area contributed by atoms with Gasteiger partial charge in [0.15, 0.2) is 0 Å². The van der Waals surface area contributed by atoms with Gasteiger partial charge >= 0.3 is 0 Å². The van der Waals surface area contributed by atoms with E-state index in [-0.39, 0.29) is 12.2 Å². The smallest absolute Gasteiger partial charge is 0.146 e. The Hall–Kier alpha value is -3.25. The highest BCUT2D eigenvalue weighted by Crippen LogP contribution is 2.44. The molecular formula is C30H38N4O2. The quantitative estimate of drug-likeness (QED) is 0.424. The monoisotopic (exact) mass is 486 g/mol. The Bertz CT molecular complexity index is 1250. The normalized spacial score (nSPS) is 20.6. The number of hydrogen-bond donors (Lipinski definition) is 3. The Labute approximate surface area is 214 Å². The number of piperidine rings is 1. The van der Waals surface area contributed by atoms with Crippen molar-refractivity contribution >= 4 is 11.4 Å². The van der Waals surface area contributed by atoms with Crippen molar-refractivity contribution in [2.24, 2.45) is 0 Å². The van der Waals surface area contributed by atoms with Crippen LogP contribution in [-0.4, -0.2) is 30.3 Å². The first kappa shape index (κ1) is 24.4. The van der Waals surface area contributed by atoms with Gasteiger partial charge in [-0.25, -0.2) is 0 Å². The molecule has 4 heterocycles. The van der Waals surface area contributed by atoms with Crippen LogP contribution < -0.4 is 26.3 Å². The van der Waals surface area contributed by atoms with Gasteiger partial charge in [-0.2, -0.15) is 0 Å². The molecule has 1 aromatic heterocycles. The molecular weight excluding hydrogens is 448 g/mol. The zero-order chi connectivity index (χ0) is 25.4. The van der Waals surface area contributed by atoms with E-state index in [1.165, 1.54) is 51.8 Å². The zero-order valence-electron chi connectivity index (χ0n) is 21.9. The predicted octanol–water partition coefficient (Wildman–Crippen LogP) is 5.33. The molecule has 1 saturated heterocycles. The first-order valence-electron chi connectivity index (χ1n) is 13.1. The largest absolute Gasteiger partial charge is 0.488 e. The van der Waals surface area contributed by atoms with Crippen LogP contribution in [-0.2, 0) is 12.8 Å². The molecule has 3 aliphatic rings. The highest BCUT2D eigenvalue weighted by Gasteiger charge is 2.30. The number of pyridine rings is 1. The van der Waals surface area contributed by atoms with Crippen molar-refractivity contribution in [1.29, 1.82) is 0 Å². The number of fused-ring (bicyclic) bond motifs is 2. The minimum absolute atomic E-state index is 0.199. The second-order valence-corrected chi connectivity index (χ2v) is 10.5. The van der Waals surface area contributed by atoms with Gasteiger partial charge in [0.1, 0.15) is 23.7 Å². The first-order valence-corrected chi connectivity index (χ1v) is 13.1. The molecule has 3 aliphatic heterocycles. The lowest BCUT2D eigenvalue weighted by molar-refractivity contribution is 0.255. The van der Waals surface area contributed by atoms with Crippen LogP contribution in [0.5, 0.6) is 11.5 Å². The van der Waals surface area contributed by atoms with E-state index in [0.717, 1.165) is 48.8 Å². The van der Waals surface area contributed by atoms with Gasteiger partial charge in [-0.15, -0.1) is 0 Å². The van der Waals surface area contributed by atoms with Crippen LogP contribution in [0, 0.1) is 13.8 Å². The molecule has 2 aromatic carbocycles. The van der Waals surface area contributed by atoms with Crippen LogP contribution in [0.1, 0.15) is 60.4 Å². The minimum atomic E-state index is 0.199. The fourth-order valence-electron chi connectivity index (χ4n) is 6.14. The van der Waals surface area contributed by atoms with E-state index in [4.69, 9.17) is 20.9 Å². The van der Waals surface area contributed by atoms with Gasteiger partial charge in [-0.3, -0.25) is 4.98 Å². The summed E-state index contributed by atoms with van der Waals surface area (Å²) >= 11 is 0. The fourth-order valence-corrected chi connectivity index (χ4v) is 6.14. The molecule has 36 heavy (non-hydrogen) atoms. The van der Waals surface area contributed by atoms with Gasteiger partial charge in [0.2, 0.25) is 0 Å². The average molecular weight is 487 g/mol. The number of hydrogen-bond acceptors (Lipinski definition) is 6. The molecule has 0 aliphatic carbocycles. The van der Waals surface area contributed by atoms with Crippen LogP contribution in [0.2, 0.25) is 0 Å². The van der Waals surface area contributed by atoms with Crippen LogP contribution in [0.3, 0.4) is 0 Å². The molecule has 6 rings (SSSR count). The third-order valence-electron chi connectivity index (χ3n) is 7.60. The number of nitrogen functional groups attached to an aromatic ring is 2. The third-order valence-corrected chi connectivity index (χ3v) is 7.60. The zero-order valence-corrected chi connectivity index (χ0v) is 21.9. The number of nitrogens with two attached hydrogens (primary N) is 2.